The Labute approximate surface area is 146 Å². The summed E-state index contributed by atoms with van der Waals surface area (Å²) >= 11 is 0. The van der Waals surface area contributed by atoms with Gasteiger partial charge in [-0.05, 0) is 29.8 Å². The van der Waals surface area contributed by atoms with Crippen LogP contribution in [0.2, 0.25) is 0 Å². The molecule has 0 amide bonds. The Bertz CT molecular complexity index is 849. The molecular weight excluding hydrogens is 342 g/mol. The van der Waals surface area contributed by atoms with Gasteiger partial charge in [0.1, 0.15) is 0 Å². The normalized spacial score (nSPS) is 18.4. The van der Waals surface area contributed by atoms with Gasteiger partial charge in [0.25, 0.3) is 0 Å². The minimum absolute atomic E-state index is 0.131. The van der Waals surface area contributed by atoms with Crippen LogP contribution in [0, 0.1) is 0 Å². The number of aromatic nitrogens is 1. The van der Waals surface area contributed by atoms with Gasteiger partial charge in [-0.2, -0.15) is 4.31 Å². The van der Waals surface area contributed by atoms with Crippen LogP contribution in [0.25, 0.3) is 0 Å². The molecule has 7 nitrogen and oxygen atoms in total. The van der Waals surface area contributed by atoms with Gasteiger partial charge in [0.15, 0.2) is 11.5 Å². The first-order valence-electron chi connectivity index (χ1n) is 8.14. The summed E-state index contributed by atoms with van der Waals surface area (Å²) in [4.78, 5) is 6.52. The number of fused-ring (bicyclic) bond motifs is 1. The van der Waals surface area contributed by atoms with E-state index in [4.69, 9.17) is 9.47 Å². The second kappa shape index (κ2) is 6.62. The maximum atomic E-state index is 12.9. The lowest BCUT2D eigenvalue weighted by molar-refractivity contribution is 0.173. The van der Waals surface area contributed by atoms with Gasteiger partial charge in [-0.1, -0.05) is 0 Å². The average Bonchev–Trinajstić information content (AvgIpc) is 3.11. The highest BCUT2D eigenvalue weighted by molar-refractivity contribution is 7.89. The van der Waals surface area contributed by atoms with Crippen molar-refractivity contribution in [2.24, 2.45) is 0 Å². The molecule has 25 heavy (non-hydrogen) atoms. The van der Waals surface area contributed by atoms with E-state index in [9.17, 15) is 8.42 Å². The zero-order chi connectivity index (χ0) is 17.3. The van der Waals surface area contributed by atoms with Crippen molar-refractivity contribution in [3.63, 3.8) is 0 Å². The molecule has 0 aliphatic carbocycles. The number of hydrogen-bond donors (Lipinski definition) is 0. The Balaban J connectivity index is 1.43. The molecule has 0 bridgehead atoms. The quantitative estimate of drug-likeness (QED) is 0.818. The third-order valence-electron chi connectivity index (χ3n) is 4.47. The zero-order valence-corrected chi connectivity index (χ0v) is 14.5. The summed E-state index contributed by atoms with van der Waals surface area (Å²) in [5.74, 6) is 1.07. The molecule has 1 saturated heterocycles. The second-order valence-electron chi connectivity index (χ2n) is 6.05. The fourth-order valence-electron chi connectivity index (χ4n) is 3.06. The summed E-state index contributed by atoms with van der Waals surface area (Å²) < 4.78 is 37.8. The maximum absolute atomic E-state index is 12.9. The van der Waals surface area contributed by atoms with E-state index < -0.39 is 10.0 Å². The first-order valence-corrected chi connectivity index (χ1v) is 9.58. The largest absolute Gasteiger partial charge is 0.454 e. The summed E-state index contributed by atoms with van der Waals surface area (Å²) in [6, 6.07) is 8.73. The van der Waals surface area contributed by atoms with Gasteiger partial charge in [0.05, 0.1) is 4.90 Å². The molecule has 0 spiro atoms. The molecule has 2 aromatic rings. The fourth-order valence-corrected chi connectivity index (χ4v) is 4.50. The minimum Gasteiger partial charge on any atom is -0.454 e. The molecule has 2 aliphatic rings. The Kier molecular flexibility index (Phi) is 4.32. The molecule has 132 valence electrons. The molecule has 1 aromatic heterocycles. The number of ether oxygens (including phenoxy) is 2. The third kappa shape index (κ3) is 3.33. The van der Waals surface area contributed by atoms with Gasteiger partial charge < -0.3 is 9.47 Å². The monoisotopic (exact) mass is 361 g/mol. The number of piperazine rings is 1. The van der Waals surface area contributed by atoms with E-state index in [-0.39, 0.29) is 11.7 Å². The van der Waals surface area contributed by atoms with Crippen LogP contribution in [0.5, 0.6) is 11.5 Å². The van der Waals surface area contributed by atoms with Crippen LogP contribution in [0.3, 0.4) is 0 Å². The van der Waals surface area contributed by atoms with E-state index in [1.807, 2.05) is 12.1 Å². The molecule has 0 radical (unpaired) electrons. The summed E-state index contributed by atoms with van der Waals surface area (Å²) in [5, 5.41) is 0. The van der Waals surface area contributed by atoms with Crippen molar-refractivity contribution in [1.29, 1.82) is 0 Å². The Morgan fingerprint density at radius 3 is 2.44 bits per heavy atom. The van der Waals surface area contributed by atoms with Crippen LogP contribution in [0.4, 0.5) is 0 Å². The number of rotatable bonds is 4. The Hall–Kier alpha value is -2.16. The van der Waals surface area contributed by atoms with Crippen LogP contribution < -0.4 is 9.47 Å². The lowest BCUT2D eigenvalue weighted by atomic mass is 10.2. The van der Waals surface area contributed by atoms with Crippen molar-refractivity contribution < 1.29 is 17.9 Å². The zero-order valence-electron chi connectivity index (χ0n) is 13.7. The highest BCUT2D eigenvalue weighted by Crippen LogP contribution is 2.34. The number of hydrogen-bond acceptors (Lipinski definition) is 6. The topological polar surface area (TPSA) is 72.0 Å². The first kappa shape index (κ1) is 16.3. The molecule has 3 heterocycles. The molecule has 4 rings (SSSR count). The van der Waals surface area contributed by atoms with Gasteiger partial charge >= 0.3 is 0 Å². The Morgan fingerprint density at radius 2 is 1.68 bits per heavy atom. The van der Waals surface area contributed by atoms with Crippen LogP contribution in [-0.2, 0) is 16.6 Å². The van der Waals surface area contributed by atoms with Crippen molar-refractivity contribution in [3.05, 3.63) is 48.3 Å². The van der Waals surface area contributed by atoms with E-state index >= 15 is 0 Å². The van der Waals surface area contributed by atoms with Crippen LogP contribution in [0.15, 0.2) is 47.6 Å². The van der Waals surface area contributed by atoms with E-state index in [1.54, 1.807) is 30.6 Å². The number of sulfonamides is 1. The first-order chi connectivity index (χ1) is 12.1. The van der Waals surface area contributed by atoms with Crippen molar-refractivity contribution >= 4 is 10.0 Å². The molecule has 1 aromatic carbocycles. The summed E-state index contributed by atoms with van der Waals surface area (Å²) in [6.45, 7) is 3.29. The summed E-state index contributed by atoms with van der Waals surface area (Å²) in [6.07, 6.45) is 3.55. The molecule has 2 aliphatic heterocycles. The van der Waals surface area contributed by atoms with Crippen molar-refractivity contribution in [1.82, 2.24) is 14.2 Å². The fraction of sp³-hybridized carbons (Fsp3) is 0.353. The van der Waals surface area contributed by atoms with Gasteiger partial charge in [-0.25, -0.2) is 8.42 Å². The predicted octanol–water partition coefficient (Wildman–Crippen LogP) is 1.32. The van der Waals surface area contributed by atoms with Crippen LogP contribution >= 0.6 is 0 Å². The second-order valence-corrected chi connectivity index (χ2v) is 7.99. The molecular formula is C17H19N3O4S. The van der Waals surface area contributed by atoms with E-state index in [1.165, 1.54) is 9.87 Å². The van der Waals surface area contributed by atoms with Gasteiger partial charge in [0.2, 0.25) is 16.8 Å². The molecule has 1 fully saturated rings. The maximum Gasteiger partial charge on any atom is 0.243 e. The van der Waals surface area contributed by atoms with Gasteiger partial charge in [-0.15, -0.1) is 0 Å². The van der Waals surface area contributed by atoms with Gasteiger partial charge in [0, 0.05) is 51.2 Å². The smallest absolute Gasteiger partial charge is 0.243 e. The Morgan fingerprint density at radius 1 is 0.960 bits per heavy atom. The number of pyridine rings is 1. The lowest BCUT2D eigenvalue weighted by Crippen LogP contribution is -2.48. The molecule has 0 atom stereocenters. The number of nitrogens with zero attached hydrogens (tertiary/aromatic N) is 3. The van der Waals surface area contributed by atoms with Gasteiger partial charge in [-0.3, -0.25) is 9.88 Å². The van der Waals surface area contributed by atoms with Crippen molar-refractivity contribution in [3.8, 4) is 11.5 Å². The molecule has 8 heteroatoms. The standard InChI is InChI=1S/C17H19N3O4S/c21-25(22,15-1-2-16-17(11-15)24-13-23-16)20-9-7-19(8-10-20)12-14-3-5-18-6-4-14/h1-6,11H,7-10,12-13H2. The highest BCUT2D eigenvalue weighted by Gasteiger charge is 2.29. The van der Waals surface area contributed by atoms with Crippen LogP contribution in [-0.4, -0.2) is 55.6 Å². The van der Waals surface area contributed by atoms with Crippen molar-refractivity contribution in [2.75, 3.05) is 33.0 Å². The molecule has 0 saturated carbocycles. The minimum atomic E-state index is -3.52. The average molecular weight is 361 g/mol. The summed E-state index contributed by atoms with van der Waals surface area (Å²) in [5.41, 5.74) is 1.18. The highest BCUT2D eigenvalue weighted by atomic mass is 32.2. The molecule has 0 unspecified atom stereocenters. The number of benzene rings is 1. The van der Waals surface area contributed by atoms with E-state index in [0.717, 1.165) is 6.54 Å². The van der Waals surface area contributed by atoms with E-state index in [0.29, 0.717) is 37.7 Å². The van der Waals surface area contributed by atoms with E-state index in [2.05, 4.69) is 9.88 Å². The third-order valence-corrected chi connectivity index (χ3v) is 6.36. The van der Waals surface area contributed by atoms with Crippen molar-refractivity contribution in [2.45, 2.75) is 11.4 Å². The SMILES string of the molecule is O=S(=O)(c1ccc2c(c1)OCO2)N1CCN(Cc2ccncc2)CC1. The summed E-state index contributed by atoms with van der Waals surface area (Å²) in [7, 11) is -3.52. The molecule has 0 N–H and O–H groups in total. The van der Waals surface area contributed by atoms with Crippen LogP contribution in [0.1, 0.15) is 5.56 Å². The predicted molar refractivity (Wildman–Crippen MR) is 90.8 cm³/mol. The lowest BCUT2D eigenvalue weighted by Gasteiger charge is -2.34.